The van der Waals surface area contributed by atoms with E-state index in [9.17, 15) is 19.3 Å². The number of alkyl halides is 1. The average Bonchev–Trinajstić information content (AvgIpc) is 3.51. The van der Waals surface area contributed by atoms with E-state index in [1.165, 1.54) is 29.4 Å². The maximum atomic E-state index is 15.7. The normalized spacial score (nSPS) is 26.5. The minimum Gasteiger partial charge on any atom is -0.462 e. The molecule has 1 aromatic carbocycles. The number of esters is 1. The Hall–Kier alpha value is -3.13. The number of thiazole rings is 1. The molecule has 4 rings (SSSR count). The van der Waals surface area contributed by atoms with Crippen LogP contribution < -0.4 is 14.9 Å². The third-order valence-electron chi connectivity index (χ3n) is 6.16. The summed E-state index contributed by atoms with van der Waals surface area (Å²) >= 11 is 1.45. The Labute approximate surface area is 240 Å². The van der Waals surface area contributed by atoms with Gasteiger partial charge in [-0.05, 0) is 52.0 Å². The lowest BCUT2D eigenvalue weighted by Gasteiger charge is -2.35. The molecule has 0 bridgehead atoms. The van der Waals surface area contributed by atoms with E-state index in [0.717, 1.165) is 23.6 Å². The molecule has 6 atom stereocenters. The van der Waals surface area contributed by atoms with Gasteiger partial charge in [-0.15, -0.1) is 11.3 Å². The van der Waals surface area contributed by atoms with Gasteiger partial charge in [0, 0.05) is 29.4 Å². The summed E-state index contributed by atoms with van der Waals surface area (Å²) in [6, 6.07) is 5.44. The van der Waals surface area contributed by atoms with Crippen LogP contribution in [0.25, 0.3) is 10.6 Å². The number of amides is 1. The third-order valence-corrected chi connectivity index (χ3v) is 8.63. The zero-order chi connectivity index (χ0) is 29.9. The minimum atomic E-state index is -4.34. The summed E-state index contributed by atoms with van der Waals surface area (Å²) < 4.78 is 51.8. The maximum Gasteiger partial charge on any atom is 0.459 e. The van der Waals surface area contributed by atoms with Crippen LogP contribution in [0.3, 0.4) is 0 Å². The van der Waals surface area contributed by atoms with Gasteiger partial charge < -0.3 is 29.3 Å². The summed E-state index contributed by atoms with van der Waals surface area (Å²) in [7, 11) is -4.34. The van der Waals surface area contributed by atoms with E-state index in [1.807, 2.05) is 5.38 Å². The summed E-state index contributed by atoms with van der Waals surface area (Å²) in [5.74, 6) is -0.941. The molecule has 1 saturated heterocycles. The highest BCUT2D eigenvalue weighted by Gasteiger charge is 2.57. The van der Waals surface area contributed by atoms with Crippen molar-refractivity contribution in [2.24, 2.45) is 0 Å². The molecular formula is C26H32FN4O8PS. The number of rotatable bonds is 11. The van der Waals surface area contributed by atoms with Crippen LogP contribution in [0, 0.1) is 0 Å². The van der Waals surface area contributed by atoms with Crippen LogP contribution in [0.4, 0.5) is 4.39 Å². The molecule has 2 aliphatic rings. The molecular weight excluding hydrogens is 578 g/mol. The fourth-order valence-corrected chi connectivity index (χ4v) is 6.25. The number of halogens is 1. The molecule has 12 nitrogen and oxygen atoms in total. The molecule has 222 valence electrons. The molecule has 41 heavy (non-hydrogen) atoms. The van der Waals surface area contributed by atoms with Crippen molar-refractivity contribution in [2.45, 2.75) is 63.9 Å². The standard InChI is InChI=1S/C26H32FN4O8PS/c1-15(2)37-24(34)16(3)30-40(35,39-19-8-6-18(7-9-19)23-28-11-13-41-23)36-14-20-22(33)26(5,27)25(38-20)31-12-10-21(32)29-17(31)4/h6-13,15-16,20,22,25,33H,4,14H2,1-3,5H3,(H,29,32)(H,30,35)/t16-,20+,22+,25+,26+,40?/m0/s1. The second-order valence-electron chi connectivity index (χ2n) is 9.86. The van der Waals surface area contributed by atoms with Crippen molar-refractivity contribution >= 4 is 31.0 Å². The first-order chi connectivity index (χ1) is 19.3. The van der Waals surface area contributed by atoms with E-state index in [-0.39, 0.29) is 11.6 Å². The predicted molar refractivity (Wildman–Crippen MR) is 148 cm³/mol. The number of aliphatic hydroxyl groups excluding tert-OH is 1. The fraction of sp³-hybridized carbons (Fsp3) is 0.423. The number of aliphatic hydroxyl groups is 1. The van der Waals surface area contributed by atoms with Crippen LogP contribution in [0.5, 0.6) is 5.75 Å². The maximum absolute atomic E-state index is 15.7. The molecule has 3 N–H and O–H groups in total. The Balaban J connectivity index is 1.51. The zero-order valence-electron chi connectivity index (χ0n) is 22.9. The molecule has 0 spiro atoms. The molecule has 0 saturated carbocycles. The zero-order valence-corrected chi connectivity index (χ0v) is 24.6. The molecule has 1 aromatic heterocycles. The van der Waals surface area contributed by atoms with Crippen molar-refractivity contribution in [3.63, 3.8) is 0 Å². The van der Waals surface area contributed by atoms with Gasteiger partial charge in [-0.1, -0.05) is 6.58 Å². The highest BCUT2D eigenvalue weighted by molar-refractivity contribution is 7.52. The van der Waals surface area contributed by atoms with E-state index in [4.69, 9.17) is 18.5 Å². The molecule has 0 aliphatic carbocycles. The molecule has 2 aliphatic heterocycles. The molecule has 1 amide bonds. The van der Waals surface area contributed by atoms with Crippen molar-refractivity contribution < 1.29 is 42.2 Å². The average molecular weight is 611 g/mol. The van der Waals surface area contributed by atoms with Crippen LogP contribution in [0.2, 0.25) is 0 Å². The number of hydrogen-bond donors (Lipinski definition) is 3. The van der Waals surface area contributed by atoms with Gasteiger partial charge in [-0.3, -0.25) is 14.1 Å². The van der Waals surface area contributed by atoms with E-state index in [1.54, 1.807) is 44.3 Å². The van der Waals surface area contributed by atoms with Gasteiger partial charge in [-0.25, -0.2) is 13.9 Å². The number of hydrogen-bond acceptors (Lipinski definition) is 11. The second-order valence-corrected chi connectivity index (χ2v) is 12.5. The second kappa shape index (κ2) is 12.4. The number of benzene rings is 1. The Morgan fingerprint density at radius 3 is 2.68 bits per heavy atom. The Morgan fingerprint density at radius 1 is 1.37 bits per heavy atom. The van der Waals surface area contributed by atoms with Gasteiger partial charge in [-0.2, -0.15) is 5.09 Å². The van der Waals surface area contributed by atoms with E-state index >= 15 is 4.39 Å². The van der Waals surface area contributed by atoms with Gasteiger partial charge in [0.05, 0.1) is 12.7 Å². The number of carbonyl (C=O) groups excluding carboxylic acids is 2. The number of carbonyl (C=O) groups is 2. The SMILES string of the molecule is C=C1NC(=O)C=CN1[C@@H]1O[C@H](COP(=O)(N[C@@H](C)C(=O)OC(C)C)Oc2ccc(-c3nccs3)cc2)[C@@H](O)[C@@]1(C)F. The third kappa shape index (κ3) is 7.21. The van der Waals surface area contributed by atoms with E-state index in [0.29, 0.717) is 0 Å². The van der Waals surface area contributed by atoms with Crippen molar-refractivity contribution in [3.8, 4) is 16.3 Å². The molecule has 2 aromatic rings. The number of aromatic nitrogens is 1. The molecule has 3 heterocycles. The summed E-state index contributed by atoms with van der Waals surface area (Å²) in [4.78, 5) is 29.5. The molecule has 1 fully saturated rings. The summed E-state index contributed by atoms with van der Waals surface area (Å²) in [6.07, 6.45) is -0.717. The summed E-state index contributed by atoms with van der Waals surface area (Å²) in [6.45, 7) is 9.00. The van der Waals surface area contributed by atoms with Gasteiger partial charge in [0.25, 0.3) is 5.91 Å². The predicted octanol–water partition coefficient (Wildman–Crippen LogP) is 3.47. The highest BCUT2D eigenvalue weighted by atomic mass is 32.1. The van der Waals surface area contributed by atoms with Crippen molar-refractivity contribution in [3.05, 3.63) is 60.5 Å². The largest absolute Gasteiger partial charge is 0.462 e. The quantitative estimate of drug-likeness (QED) is 0.254. The lowest BCUT2D eigenvalue weighted by Crippen LogP contribution is -2.51. The number of nitrogens with zero attached hydrogens (tertiary/aromatic N) is 2. The van der Waals surface area contributed by atoms with Crippen molar-refractivity contribution in [1.29, 1.82) is 0 Å². The molecule has 0 radical (unpaired) electrons. The first-order valence-electron chi connectivity index (χ1n) is 12.7. The van der Waals surface area contributed by atoms with Crippen LogP contribution in [0.15, 0.2) is 60.5 Å². The number of ether oxygens (including phenoxy) is 2. The van der Waals surface area contributed by atoms with Gasteiger partial charge in [0.1, 0.15) is 34.8 Å². The van der Waals surface area contributed by atoms with Crippen LogP contribution in [-0.4, -0.2) is 69.7 Å². The van der Waals surface area contributed by atoms with Crippen LogP contribution in [-0.2, 0) is 28.2 Å². The summed E-state index contributed by atoms with van der Waals surface area (Å²) in [5.41, 5.74) is -1.54. The summed E-state index contributed by atoms with van der Waals surface area (Å²) in [5, 5.41) is 18.4. The number of nitrogens with one attached hydrogen (secondary N) is 2. The first-order valence-corrected chi connectivity index (χ1v) is 15.1. The van der Waals surface area contributed by atoms with Crippen LogP contribution in [0.1, 0.15) is 27.7 Å². The first kappa shape index (κ1) is 30.8. The van der Waals surface area contributed by atoms with Crippen molar-refractivity contribution in [2.75, 3.05) is 6.61 Å². The van der Waals surface area contributed by atoms with E-state index in [2.05, 4.69) is 22.0 Å². The Bertz CT molecular complexity index is 1340. The monoisotopic (exact) mass is 610 g/mol. The molecule has 1 unspecified atom stereocenters. The van der Waals surface area contributed by atoms with Crippen LogP contribution >= 0.6 is 19.1 Å². The van der Waals surface area contributed by atoms with E-state index < -0.39 is 62.5 Å². The van der Waals surface area contributed by atoms with Crippen molar-refractivity contribution in [1.82, 2.24) is 20.3 Å². The highest BCUT2D eigenvalue weighted by Crippen LogP contribution is 2.47. The minimum absolute atomic E-state index is 0.0505. The fourth-order valence-electron chi connectivity index (χ4n) is 4.11. The Kier molecular flexibility index (Phi) is 9.32. The lowest BCUT2D eigenvalue weighted by atomic mass is 9.98. The molecule has 15 heteroatoms. The van der Waals surface area contributed by atoms with Gasteiger partial charge in [0.2, 0.25) is 0 Å². The van der Waals surface area contributed by atoms with Gasteiger partial charge >= 0.3 is 13.7 Å². The van der Waals surface area contributed by atoms with Gasteiger partial charge in [0.15, 0.2) is 11.9 Å². The smallest absolute Gasteiger partial charge is 0.459 e. The topological polar surface area (TPSA) is 149 Å². The lowest BCUT2D eigenvalue weighted by molar-refractivity contribution is -0.149. The Morgan fingerprint density at radius 2 is 2.07 bits per heavy atom.